The van der Waals surface area contributed by atoms with Crippen molar-refractivity contribution in [3.63, 3.8) is 0 Å². The third-order valence-corrected chi connectivity index (χ3v) is 3.82. The van der Waals surface area contributed by atoms with Gasteiger partial charge in [0, 0.05) is 9.13 Å². The predicted octanol–water partition coefficient (Wildman–Crippen LogP) is 4.14. The Morgan fingerprint density at radius 3 is 2.61 bits per heavy atom. The molecule has 2 aromatic carbocycles. The number of hydrogen-bond donors (Lipinski definition) is 1. The van der Waals surface area contributed by atoms with Gasteiger partial charge in [-0.3, -0.25) is 0 Å². The lowest BCUT2D eigenvalue weighted by Gasteiger charge is -2.10. The van der Waals surface area contributed by atoms with Crippen molar-refractivity contribution in [2.45, 2.75) is 20.0 Å². The van der Waals surface area contributed by atoms with Crippen molar-refractivity contribution >= 4 is 22.6 Å². The third-order valence-electron chi connectivity index (χ3n) is 2.77. The summed E-state index contributed by atoms with van der Waals surface area (Å²) >= 11 is 2.28. The smallest absolute Gasteiger partial charge is 0.161 e. The zero-order valence-electron chi connectivity index (χ0n) is 10.2. The van der Waals surface area contributed by atoms with E-state index in [9.17, 15) is 5.11 Å². The number of rotatable bonds is 4. The lowest BCUT2D eigenvalue weighted by Crippen LogP contribution is -1.98. The van der Waals surface area contributed by atoms with Crippen molar-refractivity contribution in [3.8, 4) is 11.5 Å². The first-order valence-corrected chi connectivity index (χ1v) is 6.96. The summed E-state index contributed by atoms with van der Waals surface area (Å²) in [6, 6.07) is 13.6. The molecule has 1 N–H and O–H groups in total. The average Bonchev–Trinajstić information content (AvgIpc) is 2.39. The maximum Gasteiger partial charge on any atom is 0.161 e. The average molecular weight is 354 g/mol. The molecule has 0 fully saturated rings. The standard InChI is InChI=1S/C15H15IO2/c1-2-11-7-8-15(14(17)9-11)18-10-12-5-3-4-6-13(12)16/h3-9,17H,2,10H2,1H3. The van der Waals surface area contributed by atoms with Crippen molar-refractivity contribution in [1.82, 2.24) is 0 Å². The summed E-state index contributed by atoms with van der Waals surface area (Å²) in [5.41, 5.74) is 2.23. The van der Waals surface area contributed by atoms with Crippen molar-refractivity contribution in [1.29, 1.82) is 0 Å². The Hall–Kier alpha value is -1.23. The van der Waals surface area contributed by atoms with Crippen LogP contribution in [0.25, 0.3) is 0 Å². The molecule has 0 amide bonds. The van der Waals surface area contributed by atoms with Gasteiger partial charge in [-0.1, -0.05) is 31.2 Å². The van der Waals surface area contributed by atoms with E-state index in [2.05, 4.69) is 29.5 Å². The summed E-state index contributed by atoms with van der Waals surface area (Å²) in [6.07, 6.45) is 0.907. The van der Waals surface area contributed by atoms with Crippen molar-refractivity contribution < 1.29 is 9.84 Å². The second kappa shape index (κ2) is 6.09. The van der Waals surface area contributed by atoms with Crippen LogP contribution in [0.3, 0.4) is 0 Å². The maximum absolute atomic E-state index is 9.84. The summed E-state index contributed by atoms with van der Waals surface area (Å²) in [7, 11) is 0. The van der Waals surface area contributed by atoms with Crippen LogP contribution >= 0.6 is 22.6 Å². The van der Waals surface area contributed by atoms with Gasteiger partial charge >= 0.3 is 0 Å². The van der Waals surface area contributed by atoms with E-state index in [1.807, 2.05) is 36.4 Å². The van der Waals surface area contributed by atoms with Crippen molar-refractivity contribution in [3.05, 3.63) is 57.2 Å². The lowest BCUT2D eigenvalue weighted by atomic mass is 10.1. The highest BCUT2D eigenvalue weighted by Crippen LogP contribution is 2.28. The van der Waals surface area contributed by atoms with Crippen LogP contribution in [0.2, 0.25) is 0 Å². The fourth-order valence-corrected chi connectivity index (χ4v) is 2.22. The number of aryl methyl sites for hydroxylation is 1. The van der Waals surface area contributed by atoms with Gasteiger partial charge < -0.3 is 9.84 Å². The molecule has 18 heavy (non-hydrogen) atoms. The summed E-state index contributed by atoms with van der Waals surface area (Å²) in [5.74, 6) is 0.743. The van der Waals surface area contributed by atoms with E-state index in [4.69, 9.17) is 4.74 Å². The Kier molecular flexibility index (Phi) is 4.47. The Morgan fingerprint density at radius 1 is 1.17 bits per heavy atom. The van der Waals surface area contributed by atoms with E-state index in [1.54, 1.807) is 6.07 Å². The van der Waals surface area contributed by atoms with Crippen LogP contribution in [0.15, 0.2) is 42.5 Å². The SMILES string of the molecule is CCc1ccc(OCc2ccccc2I)c(O)c1. The van der Waals surface area contributed by atoms with Crippen LogP contribution in [0.4, 0.5) is 0 Å². The highest BCUT2D eigenvalue weighted by molar-refractivity contribution is 14.1. The summed E-state index contributed by atoms with van der Waals surface area (Å²) in [5, 5.41) is 9.84. The predicted molar refractivity (Wildman–Crippen MR) is 81.0 cm³/mol. The highest BCUT2D eigenvalue weighted by Gasteiger charge is 2.05. The van der Waals surface area contributed by atoms with E-state index in [0.29, 0.717) is 12.4 Å². The molecule has 0 aromatic heterocycles. The minimum absolute atomic E-state index is 0.209. The monoisotopic (exact) mass is 354 g/mol. The van der Waals surface area contributed by atoms with Gasteiger partial charge in [-0.25, -0.2) is 0 Å². The molecule has 0 saturated carbocycles. The Labute approximate surface area is 121 Å². The van der Waals surface area contributed by atoms with Crippen LogP contribution in [0.5, 0.6) is 11.5 Å². The first-order valence-electron chi connectivity index (χ1n) is 5.88. The topological polar surface area (TPSA) is 29.5 Å². The minimum atomic E-state index is 0.209. The molecule has 2 nitrogen and oxygen atoms in total. The third kappa shape index (κ3) is 3.16. The van der Waals surface area contributed by atoms with Gasteiger partial charge in [0.05, 0.1) is 0 Å². The van der Waals surface area contributed by atoms with E-state index < -0.39 is 0 Å². The molecule has 0 radical (unpaired) electrons. The number of ether oxygens (including phenoxy) is 1. The minimum Gasteiger partial charge on any atom is -0.504 e. The second-order valence-electron chi connectivity index (χ2n) is 4.04. The number of phenolic OH excluding ortho intramolecular Hbond substituents is 1. The number of halogens is 1. The Balaban J connectivity index is 2.09. The van der Waals surface area contributed by atoms with E-state index >= 15 is 0 Å². The normalized spacial score (nSPS) is 10.3. The van der Waals surface area contributed by atoms with Gasteiger partial charge in [-0.05, 0) is 52.8 Å². The molecule has 0 aliphatic carbocycles. The molecule has 0 heterocycles. The lowest BCUT2D eigenvalue weighted by molar-refractivity contribution is 0.288. The van der Waals surface area contributed by atoms with Crippen LogP contribution in [-0.2, 0) is 13.0 Å². The van der Waals surface area contributed by atoms with Gasteiger partial charge in [0.15, 0.2) is 11.5 Å². The largest absolute Gasteiger partial charge is 0.504 e. The molecular weight excluding hydrogens is 339 g/mol. The molecule has 94 valence electrons. The molecule has 0 atom stereocenters. The molecule has 0 unspecified atom stereocenters. The van der Waals surface area contributed by atoms with E-state index in [-0.39, 0.29) is 5.75 Å². The molecule has 3 heteroatoms. The fraction of sp³-hybridized carbons (Fsp3) is 0.200. The molecule has 0 aliphatic heterocycles. The fourth-order valence-electron chi connectivity index (χ4n) is 1.68. The Morgan fingerprint density at radius 2 is 1.94 bits per heavy atom. The van der Waals surface area contributed by atoms with Crippen LogP contribution in [0, 0.1) is 3.57 Å². The summed E-state index contributed by atoms with van der Waals surface area (Å²) < 4.78 is 6.81. The summed E-state index contributed by atoms with van der Waals surface area (Å²) in [6.45, 7) is 2.53. The van der Waals surface area contributed by atoms with Gasteiger partial charge in [0.1, 0.15) is 6.61 Å². The van der Waals surface area contributed by atoms with Gasteiger partial charge in [0.2, 0.25) is 0 Å². The van der Waals surface area contributed by atoms with Crippen molar-refractivity contribution in [2.24, 2.45) is 0 Å². The molecule has 2 rings (SSSR count). The van der Waals surface area contributed by atoms with Crippen molar-refractivity contribution in [2.75, 3.05) is 0 Å². The quantitative estimate of drug-likeness (QED) is 0.837. The summed E-state index contributed by atoms with van der Waals surface area (Å²) in [4.78, 5) is 0. The van der Waals surface area contributed by atoms with Gasteiger partial charge in [-0.2, -0.15) is 0 Å². The first kappa shape index (κ1) is 13.2. The van der Waals surface area contributed by atoms with E-state index in [1.165, 1.54) is 3.57 Å². The zero-order chi connectivity index (χ0) is 13.0. The molecule has 0 aliphatic rings. The van der Waals surface area contributed by atoms with Crippen LogP contribution < -0.4 is 4.74 Å². The van der Waals surface area contributed by atoms with E-state index in [0.717, 1.165) is 17.5 Å². The molecule has 0 spiro atoms. The maximum atomic E-state index is 9.84. The Bertz CT molecular complexity index is 538. The van der Waals surface area contributed by atoms with Crippen LogP contribution in [-0.4, -0.2) is 5.11 Å². The zero-order valence-corrected chi connectivity index (χ0v) is 12.3. The first-order chi connectivity index (χ1) is 8.70. The number of aromatic hydroxyl groups is 1. The van der Waals surface area contributed by atoms with Gasteiger partial charge in [0.25, 0.3) is 0 Å². The number of phenols is 1. The number of benzene rings is 2. The molecule has 2 aromatic rings. The number of hydrogen-bond acceptors (Lipinski definition) is 2. The molecular formula is C15H15IO2. The van der Waals surface area contributed by atoms with Crippen LogP contribution in [0.1, 0.15) is 18.1 Å². The molecule has 0 bridgehead atoms. The molecule has 0 saturated heterocycles. The van der Waals surface area contributed by atoms with Gasteiger partial charge in [-0.15, -0.1) is 0 Å². The highest BCUT2D eigenvalue weighted by atomic mass is 127. The second-order valence-corrected chi connectivity index (χ2v) is 5.20.